The van der Waals surface area contributed by atoms with E-state index < -0.39 is 18.5 Å². The summed E-state index contributed by atoms with van der Waals surface area (Å²) in [6, 6.07) is 14.0. The highest BCUT2D eigenvalue weighted by Gasteiger charge is 2.21. The number of hydrogen-bond acceptors (Lipinski definition) is 5. The van der Waals surface area contributed by atoms with Gasteiger partial charge in [-0.05, 0) is 37.6 Å². The molecule has 3 rings (SSSR count). The highest BCUT2D eigenvalue weighted by atomic mass is 16.5. The summed E-state index contributed by atoms with van der Waals surface area (Å²) in [4.78, 5) is 49.3. The summed E-state index contributed by atoms with van der Waals surface area (Å²) < 4.78 is 4.94. The van der Waals surface area contributed by atoms with Gasteiger partial charge in [-0.1, -0.05) is 29.8 Å². The number of amides is 2. The number of anilines is 2. The monoisotopic (exact) mass is 408 g/mol. The summed E-state index contributed by atoms with van der Waals surface area (Å²) in [5.74, 6) is -1.13. The van der Waals surface area contributed by atoms with Crippen LogP contribution in [0.4, 0.5) is 11.4 Å². The van der Waals surface area contributed by atoms with E-state index in [4.69, 9.17) is 4.74 Å². The standard InChI is InChI=1S/C23H24N2O5/c1-16-4-6-17(7-5-16)20(26)12-13-23(29)30-15-21(27)24-18-8-10-19(11-9-18)25-14-2-3-22(25)28/h4-11H,2-3,12-15H2,1H3,(H,24,27). The van der Waals surface area contributed by atoms with Crippen LogP contribution in [0.15, 0.2) is 48.5 Å². The second kappa shape index (κ2) is 9.82. The van der Waals surface area contributed by atoms with Crippen LogP contribution in [0.3, 0.4) is 0 Å². The number of Topliss-reactive ketones (excluding diaryl/α,β-unsaturated/α-hetero) is 1. The van der Waals surface area contributed by atoms with Crippen LogP contribution in [0.1, 0.15) is 41.6 Å². The number of esters is 1. The quantitative estimate of drug-likeness (QED) is 0.535. The van der Waals surface area contributed by atoms with Crippen LogP contribution in [0.2, 0.25) is 0 Å². The van der Waals surface area contributed by atoms with Crippen LogP contribution < -0.4 is 10.2 Å². The predicted octanol–water partition coefficient (Wildman–Crippen LogP) is 3.27. The Morgan fingerprint density at radius 2 is 1.70 bits per heavy atom. The molecule has 2 amide bonds. The van der Waals surface area contributed by atoms with Crippen LogP contribution in [0, 0.1) is 6.92 Å². The average Bonchev–Trinajstić information content (AvgIpc) is 3.17. The maximum atomic E-state index is 12.1. The fraction of sp³-hybridized carbons (Fsp3) is 0.304. The summed E-state index contributed by atoms with van der Waals surface area (Å²) in [5, 5.41) is 2.64. The van der Waals surface area contributed by atoms with Gasteiger partial charge in [-0.2, -0.15) is 0 Å². The first-order chi connectivity index (χ1) is 14.4. The molecule has 0 aromatic heterocycles. The van der Waals surface area contributed by atoms with Crippen molar-refractivity contribution in [2.45, 2.75) is 32.6 Å². The molecule has 0 spiro atoms. The predicted molar refractivity (Wildman–Crippen MR) is 112 cm³/mol. The van der Waals surface area contributed by atoms with E-state index >= 15 is 0 Å². The molecule has 1 fully saturated rings. The van der Waals surface area contributed by atoms with Gasteiger partial charge in [-0.3, -0.25) is 19.2 Å². The van der Waals surface area contributed by atoms with E-state index in [9.17, 15) is 19.2 Å². The van der Waals surface area contributed by atoms with Crippen molar-refractivity contribution >= 4 is 34.9 Å². The molecule has 1 aliphatic rings. The van der Waals surface area contributed by atoms with Gasteiger partial charge < -0.3 is 15.0 Å². The second-order valence-corrected chi connectivity index (χ2v) is 7.19. The third-order valence-electron chi connectivity index (χ3n) is 4.83. The van der Waals surface area contributed by atoms with Crippen LogP contribution in [0.25, 0.3) is 0 Å². The number of nitrogens with zero attached hydrogens (tertiary/aromatic N) is 1. The van der Waals surface area contributed by atoms with E-state index in [2.05, 4.69) is 5.32 Å². The zero-order valence-corrected chi connectivity index (χ0v) is 16.8. The molecule has 0 radical (unpaired) electrons. The van der Waals surface area contributed by atoms with E-state index in [1.807, 2.05) is 19.1 Å². The lowest BCUT2D eigenvalue weighted by atomic mass is 10.1. The van der Waals surface area contributed by atoms with Gasteiger partial charge in [0.15, 0.2) is 12.4 Å². The summed E-state index contributed by atoms with van der Waals surface area (Å²) in [6.45, 7) is 2.20. The lowest BCUT2D eigenvalue weighted by molar-refractivity contribution is -0.147. The fourth-order valence-corrected chi connectivity index (χ4v) is 3.16. The zero-order chi connectivity index (χ0) is 21.5. The molecule has 1 heterocycles. The van der Waals surface area contributed by atoms with Gasteiger partial charge in [-0.25, -0.2) is 0 Å². The summed E-state index contributed by atoms with van der Waals surface area (Å²) >= 11 is 0. The number of ether oxygens (including phenoxy) is 1. The molecule has 7 heteroatoms. The van der Waals surface area contributed by atoms with Crippen molar-refractivity contribution in [2.24, 2.45) is 0 Å². The number of benzene rings is 2. The minimum absolute atomic E-state index is 0.0280. The minimum Gasteiger partial charge on any atom is -0.456 e. The Hall–Kier alpha value is -3.48. The second-order valence-electron chi connectivity index (χ2n) is 7.19. The smallest absolute Gasteiger partial charge is 0.306 e. The normalized spacial score (nSPS) is 13.2. The molecule has 1 saturated heterocycles. The average molecular weight is 408 g/mol. The summed E-state index contributed by atoms with van der Waals surface area (Å²) in [6.07, 6.45) is 1.35. The third-order valence-corrected chi connectivity index (χ3v) is 4.83. The molecule has 156 valence electrons. The van der Waals surface area contributed by atoms with E-state index in [1.54, 1.807) is 41.3 Å². The maximum absolute atomic E-state index is 12.1. The molecule has 0 atom stereocenters. The SMILES string of the molecule is Cc1ccc(C(=O)CCC(=O)OCC(=O)Nc2ccc(N3CCCC3=O)cc2)cc1. The number of carbonyl (C=O) groups is 4. The topological polar surface area (TPSA) is 92.8 Å². The van der Waals surface area contributed by atoms with Gasteiger partial charge in [0.25, 0.3) is 5.91 Å². The minimum atomic E-state index is -0.603. The lowest BCUT2D eigenvalue weighted by Crippen LogP contribution is -2.24. The molecule has 30 heavy (non-hydrogen) atoms. The van der Waals surface area contributed by atoms with E-state index in [0.717, 1.165) is 17.7 Å². The Bertz CT molecular complexity index is 935. The van der Waals surface area contributed by atoms with Crippen molar-refractivity contribution in [2.75, 3.05) is 23.4 Å². The van der Waals surface area contributed by atoms with Gasteiger partial charge in [0.05, 0.1) is 6.42 Å². The maximum Gasteiger partial charge on any atom is 0.306 e. The molecule has 2 aromatic rings. The highest BCUT2D eigenvalue weighted by molar-refractivity contribution is 5.98. The molecular weight excluding hydrogens is 384 g/mol. The van der Waals surface area contributed by atoms with Crippen LogP contribution >= 0.6 is 0 Å². The largest absolute Gasteiger partial charge is 0.456 e. The molecule has 0 unspecified atom stereocenters. The molecule has 0 saturated carbocycles. The molecule has 1 aliphatic heterocycles. The number of hydrogen-bond donors (Lipinski definition) is 1. The molecule has 2 aromatic carbocycles. The van der Waals surface area contributed by atoms with E-state index in [0.29, 0.717) is 24.2 Å². The number of carbonyl (C=O) groups excluding carboxylic acids is 4. The highest BCUT2D eigenvalue weighted by Crippen LogP contribution is 2.23. The van der Waals surface area contributed by atoms with Crippen LogP contribution in [-0.2, 0) is 19.1 Å². The van der Waals surface area contributed by atoms with Crippen LogP contribution in [-0.4, -0.2) is 36.7 Å². The van der Waals surface area contributed by atoms with Gasteiger partial charge >= 0.3 is 5.97 Å². The number of rotatable bonds is 8. The van der Waals surface area contributed by atoms with Crippen molar-refractivity contribution in [3.63, 3.8) is 0 Å². The van der Waals surface area contributed by atoms with Gasteiger partial charge in [0.1, 0.15) is 0 Å². The third kappa shape index (κ3) is 5.76. The first kappa shape index (κ1) is 21.2. The van der Waals surface area contributed by atoms with E-state index in [1.165, 1.54) is 0 Å². The summed E-state index contributed by atoms with van der Waals surface area (Å²) in [7, 11) is 0. The van der Waals surface area contributed by atoms with Crippen LogP contribution in [0.5, 0.6) is 0 Å². The number of ketones is 1. The Morgan fingerprint density at radius 3 is 2.33 bits per heavy atom. The van der Waals surface area contributed by atoms with Crippen molar-refractivity contribution in [1.82, 2.24) is 0 Å². The lowest BCUT2D eigenvalue weighted by Gasteiger charge is -2.16. The Labute approximate surface area is 175 Å². The van der Waals surface area contributed by atoms with Crippen molar-refractivity contribution < 1.29 is 23.9 Å². The van der Waals surface area contributed by atoms with Crippen molar-refractivity contribution in [3.8, 4) is 0 Å². The van der Waals surface area contributed by atoms with Gasteiger partial charge in [-0.15, -0.1) is 0 Å². The zero-order valence-electron chi connectivity index (χ0n) is 16.8. The van der Waals surface area contributed by atoms with Gasteiger partial charge in [0.2, 0.25) is 5.91 Å². The molecular formula is C23H24N2O5. The van der Waals surface area contributed by atoms with E-state index in [-0.39, 0.29) is 24.5 Å². The fourth-order valence-electron chi connectivity index (χ4n) is 3.16. The summed E-state index contributed by atoms with van der Waals surface area (Å²) in [5.41, 5.74) is 2.93. The molecule has 7 nitrogen and oxygen atoms in total. The number of aryl methyl sites for hydroxylation is 1. The Kier molecular flexibility index (Phi) is 6.95. The van der Waals surface area contributed by atoms with Gasteiger partial charge in [0, 0.05) is 36.3 Å². The van der Waals surface area contributed by atoms with Crippen molar-refractivity contribution in [3.05, 3.63) is 59.7 Å². The first-order valence-electron chi connectivity index (χ1n) is 9.88. The molecule has 0 aliphatic carbocycles. The number of nitrogens with one attached hydrogen (secondary N) is 1. The molecule has 1 N–H and O–H groups in total. The Morgan fingerprint density at radius 1 is 1.00 bits per heavy atom. The van der Waals surface area contributed by atoms with Crippen molar-refractivity contribution in [1.29, 1.82) is 0 Å². The Balaban J connectivity index is 1.39. The first-order valence-corrected chi connectivity index (χ1v) is 9.88. The molecule has 0 bridgehead atoms.